The van der Waals surface area contributed by atoms with Crippen LogP contribution in [0.4, 0.5) is 5.69 Å². The summed E-state index contributed by atoms with van der Waals surface area (Å²) in [6, 6.07) is 7.68. The number of nitrogens with one attached hydrogen (secondary N) is 1. The molecule has 3 nitrogen and oxygen atoms in total. The summed E-state index contributed by atoms with van der Waals surface area (Å²) in [6.07, 6.45) is 0. The van der Waals surface area contributed by atoms with E-state index in [9.17, 15) is 4.79 Å². The molecular formula is C13H19NO2. The van der Waals surface area contributed by atoms with Crippen LogP contribution in [0.5, 0.6) is 0 Å². The molecule has 0 heterocycles. The summed E-state index contributed by atoms with van der Waals surface area (Å²) in [7, 11) is 1.40. The molecule has 0 aliphatic carbocycles. The van der Waals surface area contributed by atoms with Gasteiger partial charge in [0.2, 0.25) is 0 Å². The van der Waals surface area contributed by atoms with Crippen molar-refractivity contribution in [3.05, 3.63) is 29.8 Å². The Bertz CT molecular complexity index is 361. The SMILES string of the molecule is COC(=O)[C@H](C)Nc1ccccc1C(C)C. The Kier molecular flexibility index (Phi) is 4.35. The van der Waals surface area contributed by atoms with Gasteiger partial charge in [-0.05, 0) is 24.5 Å². The third-order valence-corrected chi connectivity index (χ3v) is 2.51. The van der Waals surface area contributed by atoms with E-state index in [1.54, 1.807) is 6.92 Å². The second kappa shape index (κ2) is 5.54. The first-order valence-electron chi connectivity index (χ1n) is 5.49. The Morgan fingerprint density at radius 1 is 1.25 bits per heavy atom. The number of ether oxygens (including phenoxy) is 1. The van der Waals surface area contributed by atoms with Crippen LogP contribution in [0.3, 0.4) is 0 Å². The zero-order valence-electron chi connectivity index (χ0n) is 10.3. The van der Waals surface area contributed by atoms with Crippen molar-refractivity contribution in [3.63, 3.8) is 0 Å². The largest absolute Gasteiger partial charge is 0.467 e. The molecule has 1 aromatic carbocycles. The van der Waals surface area contributed by atoms with Crippen LogP contribution >= 0.6 is 0 Å². The normalized spacial score (nSPS) is 12.3. The topological polar surface area (TPSA) is 38.3 Å². The van der Waals surface area contributed by atoms with Crippen LogP contribution in [-0.2, 0) is 9.53 Å². The average molecular weight is 221 g/mol. The molecule has 0 amide bonds. The fourth-order valence-corrected chi connectivity index (χ4v) is 1.60. The molecule has 0 saturated carbocycles. The van der Waals surface area contributed by atoms with E-state index in [-0.39, 0.29) is 12.0 Å². The summed E-state index contributed by atoms with van der Waals surface area (Å²) in [6.45, 7) is 6.05. The minimum Gasteiger partial charge on any atom is -0.467 e. The lowest BCUT2D eigenvalue weighted by molar-refractivity contribution is -0.141. The van der Waals surface area contributed by atoms with Crippen molar-refractivity contribution in [2.45, 2.75) is 32.7 Å². The molecule has 0 radical (unpaired) electrons. The second-order valence-electron chi connectivity index (χ2n) is 4.13. The van der Waals surface area contributed by atoms with Crippen molar-refractivity contribution in [1.29, 1.82) is 0 Å². The summed E-state index contributed by atoms with van der Waals surface area (Å²) in [5.41, 5.74) is 2.20. The van der Waals surface area contributed by atoms with Gasteiger partial charge in [0, 0.05) is 5.69 Å². The van der Waals surface area contributed by atoms with E-state index >= 15 is 0 Å². The number of rotatable bonds is 4. The zero-order valence-corrected chi connectivity index (χ0v) is 10.3. The second-order valence-corrected chi connectivity index (χ2v) is 4.13. The fourth-order valence-electron chi connectivity index (χ4n) is 1.60. The molecule has 0 fully saturated rings. The average Bonchev–Trinajstić information content (AvgIpc) is 2.28. The van der Waals surface area contributed by atoms with Crippen molar-refractivity contribution >= 4 is 11.7 Å². The smallest absolute Gasteiger partial charge is 0.327 e. The van der Waals surface area contributed by atoms with Crippen molar-refractivity contribution in [3.8, 4) is 0 Å². The highest BCUT2D eigenvalue weighted by atomic mass is 16.5. The first kappa shape index (κ1) is 12.6. The molecule has 16 heavy (non-hydrogen) atoms. The first-order valence-corrected chi connectivity index (χ1v) is 5.49. The molecular weight excluding hydrogens is 202 g/mol. The monoisotopic (exact) mass is 221 g/mol. The molecule has 1 aromatic rings. The molecule has 0 aromatic heterocycles. The lowest BCUT2D eigenvalue weighted by Gasteiger charge is -2.18. The molecule has 3 heteroatoms. The summed E-state index contributed by atoms with van der Waals surface area (Å²) < 4.78 is 4.68. The Balaban J connectivity index is 2.84. The number of hydrogen-bond acceptors (Lipinski definition) is 3. The van der Waals surface area contributed by atoms with E-state index < -0.39 is 0 Å². The van der Waals surface area contributed by atoms with Gasteiger partial charge in [-0.15, -0.1) is 0 Å². The number of carbonyl (C=O) groups excluding carboxylic acids is 1. The summed E-state index contributed by atoms with van der Waals surface area (Å²) in [5.74, 6) is 0.173. The van der Waals surface area contributed by atoms with E-state index in [2.05, 4.69) is 30.0 Å². The molecule has 1 rings (SSSR count). The van der Waals surface area contributed by atoms with Gasteiger partial charge in [0.05, 0.1) is 7.11 Å². The molecule has 0 saturated heterocycles. The highest BCUT2D eigenvalue weighted by molar-refractivity contribution is 5.79. The van der Waals surface area contributed by atoms with Crippen molar-refractivity contribution in [1.82, 2.24) is 0 Å². The third-order valence-electron chi connectivity index (χ3n) is 2.51. The Morgan fingerprint density at radius 2 is 1.88 bits per heavy atom. The molecule has 1 atom stereocenters. The molecule has 88 valence electrons. The van der Waals surface area contributed by atoms with E-state index in [0.717, 1.165) is 5.69 Å². The van der Waals surface area contributed by atoms with Gasteiger partial charge in [0.15, 0.2) is 0 Å². The number of anilines is 1. The van der Waals surface area contributed by atoms with Gasteiger partial charge in [-0.25, -0.2) is 4.79 Å². The van der Waals surface area contributed by atoms with Gasteiger partial charge >= 0.3 is 5.97 Å². The molecule has 0 unspecified atom stereocenters. The Hall–Kier alpha value is -1.51. The number of esters is 1. The maximum Gasteiger partial charge on any atom is 0.327 e. The molecule has 1 N–H and O–H groups in total. The highest BCUT2D eigenvalue weighted by Crippen LogP contribution is 2.24. The number of hydrogen-bond donors (Lipinski definition) is 1. The Morgan fingerprint density at radius 3 is 2.44 bits per heavy atom. The molecule has 0 aliphatic heterocycles. The standard InChI is InChI=1S/C13H19NO2/c1-9(2)11-7-5-6-8-12(11)14-10(3)13(15)16-4/h5-10,14H,1-4H3/t10-/m0/s1. The third kappa shape index (κ3) is 2.99. The predicted octanol–water partition coefficient (Wildman–Crippen LogP) is 2.78. The Labute approximate surface area is 96.8 Å². The maximum absolute atomic E-state index is 11.3. The van der Waals surface area contributed by atoms with E-state index in [4.69, 9.17) is 0 Å². The molecule has 0 bridgehead atoms. The van der Waals surface area contributed by atoms with Crippen LogP contribution in [0.15, 0.2) is 24.3 Å². The minimum atomic E-state index is -0.329. The summed E-state index contributed by atoms with van der Waals surface area (Å²) >= 11 is 0. The lowest BCUT2D eigenvalue weighted by atomic mass is 10.0. The van der Waals surface area contributed by atoms with Crippen LogP contribution < -0.4 is 5.32 Å². The van der Waals surface area contributed by atoms with Crippen LogP contribution in [0, 0.1) is 0 Å². The number of carbonyl (C=O) groups is 1. The first-order chi connectivity index (χ1) is 7.56. The summed E-state index contributed by atoms with van der Waals surface area (Å²) in [4.78, 5) is 11.3. The summed E-state index contributed by atoms with van der Waals surface area (Å²) in [5, 5.41) is 3.17. The van der Waals surface area contributed by atoms with Crippen LogP contribution in [0.1, 0.15) is 32.3 Å². The number of methoxy groups -OCH3 is 1. The highest BCUT2D eigenvalue weighted by Gasteiger charge is 2.14. The van der Waals surface area contributed by atoms with Crippen LogP contribution in [0.25, 0.3) is 0 Å². The van der Waals surface area contributed by atoms with Crippen LogP contribution in [-0.4, -0.2) is 19.1 Å². The van der Waals surface area contributed by atoms with Gasteiger partial charge < -0.3 is 10.1 Å². The van der Waals surface area contributed by atoms with E-state index in [0.29, 0.717) is 5.92 Å². The molecule has 0 aliphatic rings. The molecule has 0 spiro atoms. The van der Waals surface area contributed by atoms with E-state index in [1.807, 2.05) is 18.2 Å². The van der Waals surface area contributed by atoms with Gasteiger partial charge in [-0.2, -0.15) is 0 Å². The van der Waals surface area contributed by atoms with E-state index in [1.165, 1.54) is 12.7 Å². The minimum absolute atomic E-state index is 0.251. The fraction of sp³-hybridized carbons (Fsp3) is 0.462. The lowest BCUT2D eigenvalue weighted by Crippen LogP contribution is -2.27. The van der Waals surface area contributed by atoms with Gasteiger partial charge in [0.1, 0.15) is 6.04 Å². The van der Waals surface area contributed by atoms with Crippen molar-refractivity contribution in [2.24, 2.45) is 0 Å². The van der Waals surface area contributed by atoms with Crippen molar-refractivity contribution in [2.75, 3.05) is 12.4 Å². The van der Waals surface area contributed by atoms with Gasteiger partial charge in [0.25, 0.3) is 0 Å². The van der Waals surface area contributed by atoms with Gasteiger partial charge in [-0.3, -0.25) is 0 Å². The predicted molar refractivity (Wildman–Crippen MR) is 65.6 cm³/mol. The van der Waals surface area contributed by atoms with Gasteiger partial charge in [-0.1, -0.05) is 32.0 Å². The number of benzene rings is 1. The maximum atomic E-state index is 11.3. The quantitative estimate of drug-likeness (QED) is 0.794. The number of para-hydroxylation sites is 1. The zero-order chi connectivity index (χ0) is 12.1. The van der Waals surface area contributed by atoms with Crippen molar-refractivity contribution < 1.29 is 9.53 Å². The van der Waals surface area contributed by atoms with Crippen LogP contribution in [0.2, 0.25) is 0 Å².